The van der Waals surface area contributed by atoms with Gasteiger partial charge in [0.1, 0.15) is 12.1 Å². The molecule has 0 atom stereocenters. The summed E-state index contributed by atoms with van der Waals surface area (Å²) in [6, 6.07) is 6.07. The fourth-order valence-corrected chi connectivity index (χ4v) is 1.23. The Hall–Kier alpha value is -2.17. The van der Waals surface area contributed by atoms with Gasteiger partial charge in [0.05, 0.1) is 5.69 Å². The number of para-hydroxylation sites is 1. The Morgan fingerprint density at radius 2 is 2.13 bits per heavy atom. The number of imidazole rings is 1. The Labute approximate surface area is 84.6 Å². The molecule has 1 aromatic carbocycles. The van der Waals surface area contributed by atoms with Crippen molar-refractivity contribution in [1.29, 1.82) is 0 Å². The molecule has 0 saturated carbocycles. The zero-order valence-corrected chi connectivity index (χ0v) is 7.59. The van der Waals surface area contributed by atoms with Crippen LogP contribution >= 0.6 is 0 Å². The number of hydrogen-bond donors (Lipinski definition) is 1. The Bertz CT molecular complexity index is 508. The number of rotatable bonds is 2. The third-order valence-corrected chi connectivity index (χ3v) is 1.93. The summed E-state index contributed by atoms with van der Waals surface area (Å²) in [4.78, 5) is 14.2. The molecular weight excluding hydrogens is 199 g/mol. The quantitative estimate of drug-likeness (QED) is 0.813. The lowest BCUT2D eigenvalue weighted by atomic mass is 10.3. The number of carboxylic acid groups (broad SMARTS) is 1. The zero-order chi connectivity index (χ0) is 10.8. The smallest absolute Gasteiger partial charge is 0.356 e. The van der Waals surface area contributed by atoms with Gasteiger partial charge in [-0.15, -0.1) is 0 Å². The normalized spacial score (nSPS) is 10.2. The van der Waals surface area contributed by atoms with Crippen LogP contribution in [0.1, 0.15) is 10.5 Å². The molecule has 0 aliphatic rings. The van der Waals surface area contributed by atoms with Gasteiger partial charge in [-0.05, 0) is 12.1 Å². The lowest BCUT2D eigenvalue weighted by Crippen LogP contribution is -1.96. The van der Waals surface area contributed by atoms with Crippen molar-refractivity contribution in [3.8, 4) is 5.69 Å². The number of carboxylic acids is 1. The zero-order valence-electron chi connectivity index (χ0n) is 7.59. The number of aromatic carboxylic acids is 1. The van der Waals surface area contributed by atoms with E-state index in [0.29, 0.717) is 0 Å². The summed E-state index contributed by atoms with van der Waals surface area (Å²) >= 11 is 0. The summed E-state index contributed by atoms with van der Waals surface area (Å²) < 4.78 is 14.6. The number of nitrogens with zero attached hydrogens (tertiary/aromatic N) is 2. The van der Waals surface area contributed by atoms with Gasteiger partial charge >= 0.3 is 5.97 Å². The predicted octanol–water partition coefficient (Wildman–Crippen LogP) is 1.71. The van der Waals surface area contributed by atoms with Gasteiger partial charge in [0, 0.05) is 6.20 Å². The highest BCUT2D eigenvalue weighted by atomic mass is 19.1. The van der Waals surface area contributed by atoms with Crippen molar-refractivity contribution in [2.45, 2.75) is 0 Å². The predicted molar refractivity (Wildman–Crippen MR) is 50.5 cm³/mol. The summed E-state index contributed by atoms with van der Waals surface area (Å²) in [5.41, 5.74) is 0.163. The van der Waals surface area contributed by atoms with E-state index in [1.165, 1.54) is 23.2 Å². The van der Waals surface area contributed by atoms with E-state index in [2.05, 4.69) is 4.98 Å². The van der Waals surface area contributed by atoms with Gasteiger partial charge in [-0.25, -0.2) is 14.2 Å². The molecule has 76 valence electrons. The molecule has 0 saturated heterocycles. The number of aromatic nitrogens is 2. The molecule has 0 bridgehead atoms. The number of benzene rings is 1. The molecule has 1 aromatic heterocycles. The molecule has 1 heterocycles. The Kier molecular flexibility index (Phi) is 2.21. The number of hydrogen-bond acceptors (Lipinski definition) is 2. The first kappa shape index (κ1) is 9.39. The first-order chi connectivity index (χ1) is 7.18. The van der Waals surface area contributed by atoms with Crippen LogP contribution in [0.5, 0.6) is 0 Å². The van der Waals surface area contributed by atoms with Crippen LogP contribution in [0, 0.1) is 5.82 Å². The van der Waals surface area contributed by atoms with E-state index in [0.717, 1.165) is 0 Å². The van der Waals surface area contributed by atoms with Crippen molar-refractivity contribution in [3.05, 3.63) is 48.3 Å². The standard InChI is InChI=1S/C10H7FN2O2/c11-7-3-1-2-4-9(7)13-5-8(10(14)15)12-6-13/h1-6H,(H,14,15). The summed E-state index contributed by atoms with van der Waals surface area (Å²) in [6.07, 6.45) is 2.53. The monoisotopic (exact) mass is 206 g/mol. The highest BCUT2D eigenvalue weighted by Crippen LogP contribution is 2.12. The van der Waals surface area contributed by atoms with Crippen LogP contribution in [0.2, 0.25) is 0 Å². The molecule has 0 aliphatic heterocycles. The van der Waals surface area contributed by atoms with Gasteiger partial charge in [0.2, 0.25) is 0 Å². The SMILES string of the molecule is O=C(O)c1cn(-c2ccccc2F)cn1. The average molecular weight is 206 g/mol. The molecule has 5 heteroatoms. The summed E-state index contributed by atoms with van der Waals surface area (Å²) in [5, 5.41) is 8.64. The van der Waals surface area contributed by atoms with Crippen molar-refractivity contribution >= 4 is 5.97 Å². The van der Waals surface area contributed by atoms with Gasteiger partial charge in [-0.2, -0.15) is 0 Å². The van der Waals surface area contributed by atoms with Gasteiger partial charge in [0.15, 0.2) is 5.69 Å². The first-order valence-corrected chi connectivity index (χ1v) is 4.20. The van der Waals surface area contributed by atoms with Crippen LogP contribution < -0.4 is 0 Å². The van der Waals surface area contributed by atoms with Gasteiger partial charge in [-0.3, -0.25) is 0 Å². The van der Waals surface area contributed by atoms with Crippen LogP contribution in [0.15, 0.2) is 36.8 Å². The van der Waals surface area contributed by atoms with E-state index in [4.69, 9.17) is 5.11 Å². The largest absolute Gasteiger partial charge is 0.476 e. The molecule has 2 rings (SSSR count). The molecule has 0 radical (unpaired) electrons. The summed E-state index contributed by atoms with van der Waals surface area (Å²) in [7, 11) is 0. The van der Waals surface area contributed by atoms with Crippen molar-refractivity contribution in [2.75, 3.05) is 0 Å². The fourth-order valence-electron chi connectivity index (χ4n) is 1.23. The molecule has 0 fully saturated rings. The lowest BCUT2D eigenvalue weighted by molar-refractivity contribution is 0.0691. The Morgan fingerprint density at radius 1 is 1.40 bits per heavy atom. The Balaban J connectivity index is 2.46. The minimum atomic E-state index is -1.13. The maximum absolute atomic E-state index is 13.3. The maximum atomic E-state index is 13.3. The Morgan fingerprint density at radius 3 is 2.73 bits per heavy atom. The molecule has 0 spiro atoms. The van der Waals surface area contributed by atoms with Crippen molar-refractivity contribution in [2.24, 2.45) is 0 Å². The van der Waals surface area contributed by atoms with E-state index in [1.54, 1.807) is 18.2 Å². The van der Waals surface area contributed by atoms with Crippen LogP contribution in [0.25, 0.3) is 5.69 Å². The lowest BCUT2D eigenvalue weighted by Gasteiger charge is -2.01. The van der Waals surface area contributed by atoms with E-state index in [-0.39, 0.29) is 11.4 Å². The summed E-state index contributed by atoms with van der Waals surface area (Å²) in [5.74, 6) is -1.56. The molecule has 4 nitrogen and oxygen atoms in total. The fraction of sp³-hybridized carbons (Fsp3) is 0. The van der Waals surface area contributed by atoms with Crippen LogP contribution in [-0.4, -0.2) is 20.6 Å². The van der Waals surface area contributed by atoms with E-state index < -0.39 is 11.8 Å². The van der Waals surface area contributed by atoms with E-state index >= 15 is 0 Å². The van der Waals surface area contributed by atoms with Gasteiger partial charge in [-0.1, -0.05) is 12.1 Å². The molecule has 0 unspecified atom stereocenters. The second-order valence-electron chi connectivity index (χ2n) is 2.92. The van der Waals surface area contributed by atoms with Crippen molar-refractivity contribution < 1.29 is 14.3 Å². The molecule has 2 aromatic rings. The van der Waals surface area contributed by atoms with Crippen molar-refractivity contribution in [1.82, 2.24) is 9.55 Å². The van der Waals surface area contributed by atoms with Crippen LogP contribution in [-0.2, 0) is 0 Å². The third kappa shape index (κ3) is 1.71. The molecule has 15 heavy (non-hydrogen) atoms. The third-order valence-electron chi connectivity index (χ3n) is 1.93. The van der Waals surface area contributed by atoms with Gasteiger partial charge in [0.25, 0.3) is 0 Å². The van der Waals surface area contributed by atoms with E-state index in [9.17, 15) is 9.18 Å². The molecular formula is C10H7FN2O2. The molecule has 0 aliphatic carbocycles. The molecule has 0 amide bonds. The second kappa shape index (κ2) is 3.53. The number of carbonyl (C=O) groups is 1. The number of halogens is 1. The highest BCUT2D eigenvalue weighted by molar-refractivity contribution is 5.85. The van der Waals surface area contributed by atoms with E-state index in [1.807, 2.05) is 0 Å². The average Bonchev–Trinajstić information content (AvgIpc) is 2.67. The van der Waals surface area contributed by atoms with Gasteiger partial charge < -0.3 is 9.67 Å². The second-order valence-corrected chi connectivity index (χ2v) is 2.92. The van der Waals surface area contributed by atoms with Crippen LogP contribution in [0.3, 0.4) is 0 Å². The minimum absolute atomic E-state index is 0.113. The maximum Gasteiger partial charge on any atom is 0.356 e. The van der Waals surface area contributed by atoms with Crippen LogP contribution in [0.4, 0.5) is 4.39 Å². The topological polar surface area (TPSA) is 55.1 Å². The summed E-state index contributed by atoms with van der Waals surface area (Å²) in [6.45, 7) is 0. The molecule has 1 N–H and O–H groups in total. The highest BCUT2D eigenvalue weighted by Gasteiger charge is 2.09. The minimum Gasteiger partial charge on any atom is -0.476 e. The first-order valence-electron chi connectivity index (χ1n) is 4.20. The van der Waals surface area contributed by atoms with Crippen molar-refractivity contribution in [3.63, 3.8) is 0 Å².